The minimum absolute atomic E-state index is 0.0946. The number of anilines is 1. The number of unbranched alkanes of at least 4 members (excludes halogenated alkanes) is 2. The minimum Gasteiger partial charge on any atom is -0.497 e. The zero-order valence-electron chi connectivity index (χ0n) is 21.5. The molecule has 1 saturated heterocycles. The van der Waals surface area contributed by atoms with Crippen LogP contribution < -0.4 is 10.1 Å². The Morgan fingerprint density at radius 2 is 1.36 bits per heavy atom. The number of nitrogens with one attached hydrogen (secondary N) is 1. The van der Waals surface area contributed by atoms with Gasteiger partial charge in [-0.1, -0.05) is 61.0 Å². The fourth-order valence-electron chi connectivity index (χ4n) is 6.60. The molecule has 200 valence electrons. The lowest BCUT2D eigenvalue weighted by Gasteiger charge is -2.54. The summed E-state index contributed by atoms with van der Waals surface area (Å²) in [5.74, 6) is -1.52. The van der Waals surface area contributed by atoms with E-state index in [1.807, 2.05) is 60.7 Å². The van der Waals surface area contributed by atoms with Crippen molar-refractivity contribution in [3.63, 3.8) is 0 Å². The average Bonchev–Trinajstić information content (AvgIpc) is 3.22. The zero-order valence-corrected chi connectivity index (χ0v) is 23.0. The van der Waals surface area contributed by atoms with Crippen LogP contribution in [0.25, 0.3) is 0 Å². The predicted molar refractivity (Wildman–Crippen MR) is 150 cm³/mol. The van der Waals surface area contributed by atoms with E-state index in [4.69, 9.17) is 27.9 Å². The highest BCUT2D eigenvalue weighted by atomic mass is 35.5. The van der Waals surface area contributed by atoms with Crippen molar-refractivity contribution in [1.82, 2.24) is 4.90 Å². The molecule has 3 aliphatic carbocycles. The first-order valence-electron chi connectivity index (χ1n) is 13.2. The third-order valence-corrected chi connectivity index (χ3v) is 9.60. The van der Waals surface area contributed by atoms with Crippen molar-refractivity contribution < 1.29 is 19.1 Å². The number of likely N-dealkylation sites (tertiary alicyclic amines) is 1. The number of ether oxygens (including phenoxy) is 1. The summed E-state index contributed by atoms with van der Waals surface area (Å²) in [6.45, 7) is 0.273. The zero-order chi connectivity index (χ0) is 27.4. The first kappa shape index (κ1) is 25.9. The van der Waals surface area contributed by atoms with Gasteiger partial charge in [0.2, 0.25) is 17.7 Å². The molecule has 6 nitrogen and oxygen atoms in total. The molecular formula is C31H28Cl2N2O4. The first-order chi connectivity index (χ1) is 18.8. The molecule has 7 rings (SSSR count). The van der Waals surface area contributed by atoms with Crippen LogP contribution in [-0.4, -0.2) is 36.3 Å². The maximum atomic E-state index is 13.8. The standard InChI is InChI=1S/C31H28Cl2N2O4/c1-39-20-11-9-10-19(18-20)34-25(36)16-3-2-8-17-35-28(37)26-27(29(35)38)31(33)22-13-5-4-12-21(22)30(26,32)23-14-6-7-15-24(23)31/h4-7,9-15,18,26-27H,2-3,8,16-17H2,1H3,(H,34,36)/t26-,27-,30?,31?/m1/s1. The van der Waals surface area contributed by atoms with Crippen molar-refractivity contribution >= 4 is 46.6 Å². The lowest BCUT2D eigenvalue weighted by atomic mass is 9.54. The van der Waals surface area contributed by atoms with E-state index in [0.717, 1.165) is 22.3 Å². The van der Waals surface area contributed by atoms with Gasteiger partial charge in [-0.3, -0.25) is 19.3 Å². The van der Waals surface area contributed by atoms with Gasteiger partial charge in [0.25, 0.3) is 0 Å². The van der Waals surface area contributed by atoms with Crippen molar-refractivity contribution in [2.45, 2.75) is 35.4 Å². The largest absolute Gasteiger partial charge is 0.497 e. The average molecular weight is 563 g/mol. The van der Waals surface area contributed by atoms with E-state index in [9.17, 15) is 14.4 Å². The molecule has 3 amide bonds. The van der Waals surface area contributed by atoms with Crippen LogP contribution in [0.5, 0.6) is 5.75 Å². The summed E-state index contributed by atoms with van der Waals surface area (Å²) in [6.07, 6.45) is 2.25. The van der Waals surface area contributed by atoms with Crippen LogP contribution in [0.2, 0.25) is 0 Å². The monoisotopic (exact) mass is 562 g/mol. The fraction of sp³-hybridized carbons (Fsp3) is 0.323. The molecule has 3 aromatic rings. The molecule has 0 saturated carbocycles. The summed E-state index contributed by atoms with van der Waals surface area (Å²) in [6, 6.07) is 22.5. The Labute approximate surface area is 237 Å². The van der Waals surface area contributed by atoms with E-state index in [1.54, 1.807) is 19.2 Å². The van der Waals surface area contributed by atoms with Crippen molar-refractivity contribution in [2.75, 3.05) is 19.0 Å². The van der Waals surface area contributed by atoms with Gasteiger partial charge in [-0.15, -0.1) is 23.2 Å². The molecule has 1 fully saturated rings. The molecular weight excluding hydrogens is 535 g/mol. The molecule has 0 aromatic heterocycles. The van der Waals surface area contributed by atoms with Crippen LogP contribution in [0.3, 0.4) is 0 Å². The van der Waals surface area contributed by atoms with E-state index >= 15 is 0 Å². The smallest absolute Gasteiger partial charge is 0.235 e. The van der Waals surface area contributed by atoms with E-state index in [0.29, 0.717) is 37.1 Å². The van der Waals surface area contributed by atoms with Gasteiger partial charge in [0.05, 0.1) is 18.9 Å². The quantitative estimate of drug-likeness (QED) is 0.214. The molecule has 1 heterocycles. The molecule has 3 aromatic carbocycles. The van der Waals surface area contributed by atoms with Crippen LogP contribution in [0.15, 0.2) is 72.8 Å². The first-order valence-corrected chi connectivity index (χ1v) is 13.9. The van der Waals surface area contributed by atoms with Crippen molar-refractivity contribution in [2.24, 2.45) is 11.8 Å². The number of imide groups is 1. The van der Waals surface area contributed by atoms with Gasteiger partial charge in [0, 0.05) is 24.7 Å². The van der Waals surface area contributed by atoms with Gasteiger partial charge in [0.1, 0.15) is 15.5 Å². The Kier molecular flexibility index (Phi) is 6.43. The summed E-state index contributed by atoms with van der Waals surface area (Å²) in [4.78, 5) is 39.0. The number of halogens is 2. The molecule has 0 spiro atoms. The SMILES string of the molecule is COc1cccc(NC(=O)CCCCCN2C(=O)[C@H]3[C@H](C2=O)C2(Cl)c4ccccc4C3(Cl)c3ccccc32)c1. The number of carbonyl (C=O) groups is 3. The van der Waals surface area contributed by atoms with Gasteiger partial charge >= 0.3 is 0 Å². The molecule has 1 N–H and O–H groups in total. The normalized spacial score (nSPS) is 26.2. The maximum Gasteiger partial charge on any atom is 0.235 e. The molecule has 39 heavy (non-hydrogen) atoms. The van der Waals surface area contributed by atoms with E-state index < -0.39 is 21.6 Å². The summed E-state index contributed by atoms with van der Waals surface area (Å²) < 4.78 is 5.19. The molecule has 0 radical (unpaired) electrons. The summed E-state index contributed by atoms with van der Waals surface area (Å²) in [7, 11) is 1.58. The number of hydrogen-bond donors (Lipinski definition) is 1. The lowest BCUT2D eigenvalue weighted by Crippen LogP contribution is -2.57. The minimum atomic E-state index is -1.16. The highest BCUT2D eigenvalue weighted by molar-refractivity contribution is 6.36. The number of nitrogens with zero attached hydrogens (tertiary/aromatic N) is 1. The van der Waals surface area contributed by atoms with E-state index in [1.165, 1.54) is 4.90 Å². The topological polar surface area (TPSA) is 75.7 Å². The third kappa shape index (κ3) is 3.80. The Morgan fingerprint density at radius 3 is 1.87 bits per heavy atom. The van der Waals surface area contributed by atoms with Gasteiger partial charge in [0.15, 0.2) is 0 Å². The van der Waals surface area contributed by atoms with Gasteiger partial charge in [-0.2, -0.15) is 0 Å². The molecule has 0 unspecified atom stereocenters. The number of rotatable bonds is 8. The van der Waals surface area contributed by atoms with Crippen LogP contribution >= 0.6 is 23.2 Å². The Hall–Kier alpha value is -3.35. The number of carbonyl (C=O) groups excluding carboxylic acids is 3. The predicted octanol–water partition coefficient (Wildman–Crippen LogP) is 5.79. The highest BCUT2D eigenvalue weighted by Gasteiger charge is 2.72. The van der Waals surface area contributed by atoms with Crippen molar-refractivity contribution in [3.8, 4) is 5.75 Å². The van der Waals surface area contributed by atoms with E-state index in [-0.39, 0.29) is 24.3 Å². The Bertz CT molecular complexity index is 1370. The molecule has 4 aliphatic rings. The molecule has 1 aliphatic heterocycles. The molecule has 8 heteroatoms. The summed E-state index contributed by atoms with van der Waals surface area (Å²) >= 11 is 14.9. The number of hydrogen-bond acceptors (Lipinski definition) is 4. The molecule has 2 bridgehead atoms. The van der Waals surface area contributed by atoms with Gasteiger partial charge in [-0.05, 0) is 47.2 Å². The maximum absolute atomic E-state index is 13.8. The van der Waals surface area contributed by atoms with E-state index in [2.05, 4.69) is 5.32 Å². The van der Waals surface area contributed by atoms with Crippen molar-refractivity contribution in [1.29, 1.82) is 0 Å². The number of methoxy groups -OCH3 is 1. The Morgan fingerprint density at radius 1 is 0.821 bits per heavy atom. The second-order valence-electron chi connectivity index (χ2n) is 10.4. The lowest BCUT2D eigenvalue weighted by molar-refractivity contribution is -0.140. The van der Waals surface area contributed by atoms with Crippen LogP contribution in [0.4, 0.5) is 5.69 Å². The Balaban J connectivity index is 1.15. The number of alkyl halides is 2. The third-order valence-electron chi connectivity index (χ3n) is 8.32. The fourth-order valence-corrected chi connectivity index (χ4v) is 7.70. The second kappa shape index (κ2) is 9.68. The van der Waals surface area contributed by atoms with Crippen LogP contribution in [0.1, 0.15) is 47.9 Å². The summed E-state index contributed by atoms with van der Waals surface area (Å²) in [5.41, 5.74) is 3.87. The van der Waals surface area contributed by atoms with Crippen LogP contribution in [0, 0.1) is 11.8 Å². The number of amides is 3. The highest BCUT2D eigenvalue weighted by Crippen LogP contribution is 2.69. The second-order valence-corrected chi connectivity index (χ2v) is 11.6. The summed E-state index contributed by atoms with van der Waals surface area (Å²) in [5, 5.41) is 2.87. The van der Waals surface area contributed by atoms with Gasteiger partial charge < -0.3 is 10.1 Å². The van der Waals surface area contributed by atoms with Crippen molar-refractivity contribution in [3.05, 3.63) is 95.1 Å². The van der Waals surface area contributed by atoms with Gasteiger partial charge in [-0.25, -0.2) is 0 Å². The molecule has 2 atom stereocenters. The number of benzene rings is 3. The van der Waals surface area contributed by atoms with Crippen LogP contribution in [-0.2, 0) is 24.1 Å².